The molecule has 0 atom stereocenters. The van der Waals surface area contributed by atoms with Crippen LogP contribution in [0.3, 0.4) is 0 Å². The molecule has 0 aliphatic heterocycles. The Bertz CT molecular complexity index is 292. The molecule has 0 saturated heterocycles. The third-order valence-corrected chi connectivity index (χ3v) is 2.79. The highest BCUT2D eigenvalue weighted by Crippen LogP contribution is 2.14. The summed E-state index contributed by atoms with van der Waals surface area (Å²) in [5.41, 5.74) is 5.47. The second-order valence-corrected chi connectivity index (χ2v) is 3.91. The molecule has 0 radical (unpaired) electrons. The van der Waals surface area contributed by atoms with Gasteiger partial charge in [-0.1, -0.05) is 11.8 Å². The molecule has 0 spiro atoms. The summed E-state index contributed by atoms with van der Waals surface area (Å²) in [5, 5.41) is 17.3. The van der Waals surface area contributed by atoms with Crippen molar-refractivity contribution in [2.45, 2.75) is 11.7 Å². The van der Waals surface area contributed by atoms with Gasteiger partial charge >= 0.3 is 0 Å². The van der Waals surface area contributed by atoms with Gasteiger partial charge in [-0.15, -0.1) is 10.2 Å². The molecule has 86 valence electrons. The number of rotatable bonds is 7. The minimum atomic E-state index is 0.0615. The fourth-order valence-corrected chi connectivity index (χ4v) is 1.79. The molecular formula is C8H16N4O2S. The van der Waals surface area contributed by atoms with Gasteiger partial charge in [0, 0.05) is 12.8 Å². The van der Waals surface area contributed by atoms with Gasteiger partial charge < -0.3 is 20.1 Å². The van der Waals surface area contributed by atoms with Gasteiger partial charge in [-0.2, -0.15) is 0 Å². The number of nitrogens with two attached hydrogens (primary N) is 1. The summed E-state index contributed by atoms with van der Waals surface area (Å²) in [7, 11) is 1.89. The van der Waals surface area contributed by atoms with E-state index in [2.05, 4.69) is 10.2 Å². The lowest BCUT2D eigenvalue weighted by Gasteiger charge is -2.02. The quantitative estimate of drug-likeness (QED) is 0.481. The zero-order chi connectivity index (χ0) is 11.1. The Hall–Kier alpha value is -0.630. The first-order valence-electron chi connectivity index (χ1n) is 4.69. The van der Waals surface area contributed by atoms with Crippen LogP contribution in [0.25, 0.3) is 0 Å². The molecular weight excluding hydrogens is 216 g/mol. The lowest BCUT2D eigenvalue weighted by atomic mass is 10.6. The molecule has 0 aliphatic carbocycles. The summed E-state index contributed by atoms with van der Waals surface area (Å²) < 4.78 is 7.00. The molecule has 0 fully saturated rings. The van der Waals surface area contributed by atoms with E-state index in [4.69, 9.17) is 15.6 Å². The molecule has 0 amide bonds. The van der Waals surface area contributed by atoms with Crippen LogP contribution in [0.2, 0.25) is 0 Å². The summed E-state index contributed by atoms with van der Waals surface area (Å²) in [6, 6.07) is 0. The summed E-state index contributed by atoms with van der Waals surface area (Å²) in [6.07, 6.45) is 0. The van der Waals surface area contributed by atoms with Gasteiger partial charge in [0.05, 0.1) is 26.4 Å². The largest absolute Gasteiger partial charge is 0.394 e. The topological polar surface area (TPSA) is 86.2 Å². The number of nitrogens with zero attached hydrogens (tertiary/aromatic N) is 3. The van der Waals surface area contributed by atoms with E-state index in [1.54, 1.807) is 11.8 Å². The summed E-state index contributed by atoms with van der Waals surface area (Å²) in [6.45, 7) is 1.43. The normalized spacial score (nSPS) is 10.9. The number of thioether (sulfide) groups is 1. The Labute approximate surface area is 92.8 Å². The van der Waals surface area contributed by atoms with E-state index in [1.807, 2.05) is 11.6 Å². The smallest absolute Gasteiger partial charge is 0.191 e. The van der Waals surface area contributed by atoms with E-state index in [9.17, 15) is 0 Å². The van der Waals surface area contributed by atoms with Gasteiger partial charge in [0.25, 0.3) is 0 Å². The van der Waals surface area contributed by atoms with Crippen LogP contribution in [0.15, 0.2) is 5.16 Å². The number of hydrogen-bond acceptors (Lipinski definition) is 6. The zero-order valence-electron chi connectivity index (χ0n) is 8.72. The van der Waals surface area contributed by atoms with Crippen LogP contribution in [0, 0.1) is 0 Å². The highest BCUT2D eigenvalue weighted by Gasteiger charge is 2.06. The van der Waals surface area contributed by atoms with Crippen molar-refractivity contribution < 1.29 is 9.84 Å². The average Bonchev–Trinajstić information content (AvgIpc) is 2.60. The number of aromatic nitrogens is 3. The van der Waals surface area contributed by atoms with Gasteiger partial charge in [-0.25, -0.2) is 0 Å². The molecule has 1 aromatic rings. The number of hydrogen-bond donors (Lipinski definition) is 2. The summed E-state index contributed by atoms with van der Waals surface area (Å²) >= 11 is 1.56. The van der Waals surface area contributed by atoms with E-state index in [0.717, 1.165) is 16.7 Å². The number of aliphatic hydroxyl groups excluding tert-OH is 1. The van der Waals surface area contributed by atoms with Crippen LogP contribution < -0.4 is 5.73 Å². The molecule has 0 aromatic carbocycles. The molecule has 0 saturated carbocycles. The van der Waals surface area contributed by atoms with Crippen molar-refractivity contribution in [1.29, 1.82) is 0 Å². The van der Waals surface area contributed by atoms with Crippen molar-refractivity contribution in [2.24, 2.45) is 12.8 Å². The van der Waals surface area contributed by atoms with Crippen molar-refractivity contribution in [3.05, 3.63) is 5.82 Å². The fraction of sp³-hybridized carbons (Fsp3) is 0.750. The molecule has 3 N–H and O–H groups in total. The molecule has 0 unspecified atom stereocenters. The van der Waals surface area contributed by atoms with Crippen LogP contribution in [-0.2, 0) is 18.3 Å². The van der Waals surface area contributed by atoms with E-state index in [0.29, 0.717) is 19.8 Å². The van der Waals surface area contributed by atoms with Crippen LogP contribution >= 0.6 is 11.8 Å². The van der Waals surface area contributed by atoms with E-state index < -0.39 is 0 Å². The van der Waals surface area contributed by atoms with Gasteiger partial charge in [-0.05, 0) is 0 Å². The first-order valence-corrected chi connectivity index (χ1v) is 5.68. The molecule has 1 heterocycles. The molecule has 1 rings (SSSR count). The van der Waals surface area contributed by atoms with Crippen molar-refractivity contribution in [3.63, 3.8) is 0 Å². The highest BCUT2D eigenvalue weighted by molar-refractivity contribution is 7.99. The number of aliphatic hydroxyl groups is 1. The predicted octanol–water partition coefficient (Wildman–Crippen LogP) is -0.625. The molecule has 0 aliphatic rings. The minimum Gasteiger partial charge on any atom is -0.394 e. The maximum atomic E-state index is 8.49. The second-order valence-electron chi connectivity index (χ2n) is 2.85. The van der Waals surface area contributed by atoms with Crippen molar-refractivity contribution >= 4 is 11.8 Å². The molecule has 6 nitrogen and oxygen atoms in total. The highest BCUT2D eigenvalue weighted by atomic mass is 32.2. The van der Waals surface area contributed by atoms with E-state index in [1.165, 1.54) is 0 Å². The lowest BCUT2D eigenvalue weighted by molar-refractivity contribution is 0.103. The maximum Gasteiger partial charge on any atom is 0.191 e. The van der Waals surface area contributed by atoms with Crippen LogP contribution in [-0.4, -0.2) is 45.4 Å². The Morgan fingerprint density at radius 2 is 2.27 bits per heavy atom. The molecule has 7 heteroatoms. The Morgan fingerprint density at radius 3 is 2.87 bits per heavy atom. The SMILES string of the molecule is Cn1c(CN)nnc1SCCOCCO. The van der Waals surface area contributed by atoms with E-state index >= 15 is 0 Å². The first kappa shape index (κ1) is 12.4. The molecule has 0 bridgehead atoms. The van der Waals surface area contributed by atoms with Crippen LogP contribution in [0.5, 0.6) is 0 Å². The molecule has 1 aromatic heterocycles. The van der Waals surface area contributed by atoms with Gasteiger partial charge in [0.15, 0.2) is 5.16 Å². The third-order valence-electron chi connectivity index (χ3n) is 1.80. The predicted molar refractivity (Wildman–Crippen MR) is 57.5 cm³/mol. The fourth-order valence-electron chi connectivity index (χ4n) is 1.01. The number of ether oxygens (including phenoxy) is 1. The minimum absolute atomic E-state index is 0.0615. The van der Waals surface area contributed by atoms with Crippen molar-refractivity contribution in [2.75, 3.05) is 25.6 Å². The monoisotopic (exact) mass is 232 g/mol. The van der Waals surface area contributed by atoms with Gasteiger partial charge in [-0.3, -0.25) is 0 Å². The Balaban J connectivity index is 2.28. The standard InChI is InChI=1S/C8H16N4O2S/c1-12-7(6-9)10-11-8(12)15-5-4-14-3-2-13/h13H,2-6,9H2,1H3. The Kier molecular flexibility index (Phi) is 5.62. The Morgan fingerprint density at radius 1 is 1.47 bits per heavy atom. The van der Waals surface area contributed by atoms with Gasteiger partial charge in [0.1, 0.15) is 5.82 Å². The van der Waals surface area contributed by atoms with Crippen LogP contribution in [0.4, 0.5) is 0 Å². The summed E-state index contributed by atoms with van der Waals surface area (Å²) in [4.78, 5) is 0. The second kappa shape index (κ2) is 6.78. The average molecular weight is 232 g/mol. The first-order chi connectivity index (χ1) is 7.29. The van der Waals surface area contributed by atoms with Crippen molar-refractivity contribution in [1.82, 2.24) is 14.8 Å². The zero-order valence-corrected chi connectivity index (χ0v) is 9.53. The summed E-state index contributed by atoms with van der Waals surface area (Å²) in [5.74, 6) is 1.56. The molecule has 15 heavy (non-hydrogen) atoms. The lowest BCUT2D eigenvalue weighted by Crippen LogP contribution is -2.06. The van der Waals surface area contributed by atoms with E-state index in [-0.39, 0.29) is 6.61 Å². The van der Waals surface area contributed by atoms with Crippen LogP contribution in [0.1, 0.15) is 5.82 Å². The maximum absolute atomic E-state index is 8.49. The van der Waals surface area contributed by atoms with Crippen molar-refractivity contribution in [3.8, 4) is 0 Å². The third kappa shape index (κ3) is 3.78. The van der Waals surface area contributed by atoms with Gasteiger partial charge in [0.2, 0.25) is 0 Å².